The molecule has 0 atom stereocenters. The minimum Gasteiger partial charge on any atom is -0.376 e. The summed E-state index contributed by atoms with van der Waals surface area (Å²) in [6, 6.07) is 12.4. The van der Waals surface area contributed by atoms with Gasteiger partial charge in [0.25, 0.3) is 0 Å². The van der Waals surface area contributed by atoms with Gasteiger partial charge in [0.1, 0.15) is 0 Å². The van der Waals surface area contributed by atoms with Gasteiger partial charge in [-0.25, -0.2) is 8.42 Å². The van der Waals surface area contributed by atoms with Crippen LogP contribution in [0.2, 0.25) is 0 Å². The second-order valence-corrected chi connectivity index (χ2v) is 10.2. The van der Waals surface area contributed by atoms with Crippen LogP contribution in [0.5, 0.6) is 0 Å². The molecule has 0 radical (unpaired) electrons. The lowest BCUT2D eigenvalue weighted by Gasteiger charge is -2.27. The Labute approximate surface area is 186 Å². The van der Waals surface area contributed by atoms with Gasteiger partial charge in [0.15, 0.2) is 0 Å². The largest absolute Gasteiger partial charge is 0.376 e. The van der Waals surface area contributed by atoms with Gasteiger partial charge in [-0.05, 0) is 59.1 Å². The predicted molar refractivity (Wildman–Crippen MR) is 125 cm³/mol. The molecule has 2 aromatic carbocycles. The normalized spacial score (nSPS) is 14.9. The molecular weight excluding hydrogens is 468 g/mol. The number of anilines is 3. The van der Waals surface area contributed by atoms with E-state index in [1.807, 2.05) is 37.2 Å². The minimum absolute atomic E-state index is 0.00932. The molecule has 3 rings (SSSR count). The summed E-state index contributed by atoms with van der Waals surface area (Å²) in [5.41, 5.74) is 2.08. The fourth-order valence-electron chi connectivity index (χ4n) is 3.39. The first kappa shape index (κ1) is 22.6. The molecule has 9 heteroatoms. The van der Waals surface area contributed by atoms with E-state index in [1.165, 1.54) is 0 Å². The Hall–Kier alpha value is -2.10. The van der Waals surface area contributed by atoms with Crippen LogP contribution in [-0.2, 0) is 14.8 Å². The molecule has 1 saturated heterocycles. The Morgan fingerprint density at radius 2 is 1.77 bits per heavy atom. The zero-order valence-corrected chi connectivity index (χ0v) is 19.6. The van der Waals surface area contributed by atoms with Gasteiger partial charge in [0, 0.05) is 31.7 Å². The molecule has 0 unspecified atom stereocenters. The molecule has 162 valence electrons. The molecule has 2 N–H and O–H groups in total. The molecule has 1 heterocycles. The maximum Gasteiger partial charge on any atom is 0.243 e. The summed E-state index contributed by atoms with van der Waals surface area (Å²) in [6.45, 7) is 1.11. The minimum atomic E-state index is -3.55. The van der Waals surface area contributed by atoms with Gasteiger partial charge in [-0.15, -0.1) is 0 Å². The monoisotopic (exact) mass is 494 g/mol. The van der Waals surface area contributed by atoms with Gasteiger partial charge in [-0.2, -0.15) is 4.31 Å². The van der Waals surface area contributed by atoms with Crippen LogP contribution in [0.15, 0.2) is 51.8 Å². The van der Waals surface area contributed by atoms with Crippen molar-refractivity contribution in [3.63, 3.8) is 0 Å². The number of piperidine rings is 1. The highest BCUT2D eigenvalue weighted by molar-refractivity contribution is 9.10. The van der Waals surface area contributed by atoms with Gasteiger partial charge >= 0.3 is 0 Å². The van der Waals surface area contributed by atoms with Gasteiger partial charge in [-0.1, -0.05) is 18.6 Å². The van der Waals surface area contributed by atoms with Crippen LogP contribution in [0.25, 0.3) is 0 Å². The number of carbonyl (C=O) groups is 1. The summed E-state index contributed by atoms with van der Waals surface area (Å²) in [7, 11) is 0.199. The molecule has 2 aromatic rings. The van der Waals surface area contributed by atoms with Crippen molar-refractivity contribution in [1.82, 2.24) is 4.31 Å². The highest BCUT2D eigenvalue weighted by Crippen LogP contribution is 2.30. The molecule has 1 amide bonds. The van der Waals surface area contributed by atoms with Gasteiger partial charge in [0.2, 0.25) is 15.9 Å². The molecule has 30 heavy (non-hydrogen) atoms. The average Bonchev–Trinajstić information content (AvgIpc) is 2.74. The van der Waals surface area contributed by atoms with Crippen LogP contribution >= 0.6 is 15.9 Å². The van der Waals surface area contributed by atoms with E-state index in [0.29, 0.717) is 24.5 Å². The van der Waals surface area contributed by atoms with Crippen LogP contribution in [0.4, 0.5) is 17.1 Å². The van der Waals surface area contributed by atoms with Crippen molar-refractivity contribution in [2.75, 3.05) is 49.3 Å². The molecular formula is C21H27BrN4O3S. The summed E-state index contributed by atoms with van der Waals surface area (Å²) >= 11 is 3.41. The first-order chi connectivity index (χ1) is 14.3. The lowest BCUT2D eigenvalue weighted by atomic mass is 10.2. The van der Waals surface area contributed by atoms with Crippen molar-refractivity contribution in [2.24, 2.45) is 0 Å². The molecule has 1 aliphatic rings. The SMILES string of the molecule is CN(C)c1ccc(S(=O)(=O)N2CCCCC2)cc1NCC(=O)Nc1ccccc1Br. The first-order valence-corrected chi connectivity index (χ1v) is 12.1. The van der Waals surface area contributed by atoms with Crippen molar-refractivity contribution < 1.29 is 13.2 Å². The number of sulfonamides is 1. The van der Waals surface area contributed by atoms with Crippen LogP contribution in [0, 0.1) is 0 Å². The van der Waals surface area contributed by atoms with Gasteiger partial charge in [0.05, 0.1) is 28.5 Å². The van der Waals surface area contributed by atoms with Crippen LogP contribution in [0.3, 0.4) is 0 Å². The number of rotatable bonds is 7. The Balaban J connectivity index is 1.78. The number of amides is 1. The zero-order valence-electron chi connectivity index (χ0n) is 17.2. The second kappa shape index (κ2) is 9.80. The number of carbonyl (C=O) groups excluding carboxylic acids is 1. The van der Waals surface area contributed by atoms with Crippen LogP contribution < -0.4 is 15.5 Å². The van der Waals surface area contributed by atoms with Gasteiger partial charge in [-0.3, -0.25) is 4.79 Å². The summed E-state index contributed by atoms with van der Waals surface area (Å²) in [5, 5.41) is 5.93. The Morgan fingerprint density at radius 3 is 2.43 bits per heavy atom. The van der Waals surface area contributed by atoms with E-state index < -0.39 is 10.0 Å². The number of hydrogen-bond donors (Lipinski definition) is 2. The third kappa shape index (κ3) is 5.33. The second-order valence-electron chi connectivity index (χ2n) is 7.42. The molecule has 1 fully saturated rings. The van der Waals surface area contributed by atoms with Crippen LogP contribution in [0.1, 0.15) is 19.3 Å². The Kier molecular flexibility index (Phi) is 7.38. The van der Waals surface area contributed by atoms with E-state index in [2.05, 4.69) is 26.6 Å². The first-order valence-electron chi connectivity index (χ1n) is 9.89. The highest BCUT2D eigenvalue weighted by atomic mass is 79.9. The summed E-state index contributed by atoms with van der Waals surface area (Å²) in [4.78, 5) is 14.5. The van der Waals surface area contributed by atoms with Crippen molar-refractivity contribution in [2.45, 2.75) is 24.2 Å². The topological polar surface area (TPSA) is 81.8 Å². The smallest absolute Gasteiger partial charge is 0.243 e. The third-order valence-electron chi connectivity index (χ3n) is 4.99. The van der Waals surface area contributed by atoms with E-state index in [1.54, 1.807) is 28.6 Å². The summed E-state index contributed by atoms with van der Waals surface area (Å²) in [6.07, 6.45) is 2.83. The maximum absolute atomic E-state index is 13.0. The third-order valence-corrected chi connectivity index (χ3v) is 7.58. The van der Waals surface area contributed by atoms with E-state index in [0.717, 1.165) is 29.4 Å². The maximum atomic E-state index is 13.0. The zero-order chi connectivity index (χ0) is 21.7. The lowest BCUT2D eigenvalue weighted by molar-refractivity contribution is -0.114. The molecule has 0 spiro atoms. The number of hydrogen-bond acceptors (Lipinski definition) is 5. The van der Waals surface area contributed by atoms with Crippen molar-refractivity contribution in [1.29, 1.82) is 0 Å². The summed E-state index contributed by atoms with van der Waals surface area (Å²) < 4.78 is 28.4. The average molecular weight is 495 g/mol. The molecule has 1 aliphatic heterocycles. The molecule has 0 bridgehead atoms. The summed E-state index contributed by atoms with van der Waals surface area (Å²) in [5.74, 6) is -0.226. The molecule has 0 aromatic heterocycles. The highest BCUT2D eigenvalue weighted by Gasteiger charge is 2.26. The van der Waals surface area contributed by atoms with E-state index in [9.17, 15) is 13.2 Å². The standard InChI is InChI=1S/C21H27BrN4O3S/c1-25(2)20-11-10-16(30(28,29)26-12-6-3-7-13-26)14-19(20)23-15-21(27)24-18-9-5-4-8-17(18)22/h4-5,8-11,14,23H,3,6-7,12-13,15H2,1-2H3,(H,24,27). The van der Waals surface area contributed by atoms with Crippen LogP contribution in [-0.4, -0.2) is 52.4 Å². The van der Waals surface area contributed by atoms with E-state index >= 15 is 0 Å². The Morgan fingerprint density at radius 1 is 1.07 bits per heavy atom. The number of halogens is 1. The molecule has 0 aliphatic carbocycles. The number of benzene rings is 2. The quantitative estimate of drug-likeness (QED) is 0.612. The predicted octanol–water partition coefficient (Wildman–Crippen LogP) is 3.74. The van der Waals surface area contributed by atoms with E-state index in [-0.39, 0.29) is 17.3 Å². The number of nitrogens with one attached hydrogen (secondary N) is 2. The van der Waals surface area contributed by atoms with E-state index in [4.69, 9.17) is 0 Å². The fraction of sp³-hybridized carbons (Fsp3) is 0.381. The van der Waals surface area contributed by atoms with Crippen molar-refractivity contribution >= 4 is 48.9 Å². The number of para-hydroxylation sites is 1. The number of nitrogens with zero attached hydrogens (tertiary/aromatic N) is 2. The molecule has 0 saturated carbocycles. The van der Waals surface area contributed by atoms with Gasteiger partial charge < -0.3 is 15.5 Å². The Bertz CT molecular complexity index is 1010. The fourth-order valence-corrected chi connectivity index (χ4v) is 5.32. The van der Waals surface area contributed by atoms with Crippen molar-refractivity contribution in [3.8, 4) is 0 Å². The molecule has 7 nitrogen and oxygen atoms in total. The van der Waals surface area contributed by atoms with Crippen molar-refractivity contribution in [3.05, 3.63) is 46.9 Å². The lowest BCUT2D eigenvalue weighted by Crippen LogP contribution is -2.35.